The highest BCUT2D eigenvalue weighted by atomic mass is 19.4. The summed E-state index contributed by atoms with van der Waals surface area (Å²) in [5.41, 5.74) is 1.43. The van der Waals surface area contributed by atoms with Crippen LogP contribution in [-0.2, 0) is 6.61 Å². The summed E-state index contributed by atoms with van der Waals surface area (Å²) in [5.74, 6) is 0.367. The van der Waals surface area contributed by atoms with Gasteiger partial charge in [-0.15, -0.1) is 0 Å². The van der Waals surface area contributed by atoms with E-state index in [1.165, 1.54) is 18.5 Å². The summed E-state index contributed by atoms with van der Waals surface area (Å²) in [6.07, 6.45) is -0.178. The highest BCUT2D eigenvalue weighted by Gasteiger charge is 2.29. The van der Waals surface area contributed by atoms with Crippen LogP contribution >= 0.6 is 0 Å². The zero-order chi connectivity index (χ0) is 23.4. The van der Waals surface area contributed by atoms with Gasteiger partial charge in [0.05, 0.1) is 18.7 Å². The van der Waals surface area contributed by atoms with E-state index in [1.54, 1.807) is 36.4 Å². The maximum atomic E-state index is 12.9. The van der Waals surface area contributed by atoms with E-state index in [1.807, 2.05) is 6.07 Å². The molecular weight excluding hydrogens is 435 g/mol. The number of allylic oxidation sites excluding steroid dienone is 4. The van der Waals surface area contributed by atoms with Crippen molar-refractivity contribution >= 4 is 16.7 Å². The van der Waals surface area contributed by atoms with Crippen LogP contribution in [0.3, 0.4) is 0 Å². The number of alkyl halides is 3. The van der Waals surface area contributed by atoms with Crippen molar-refractivity contribution in [3.05, 3.63) is 83.5 Å². The lowest BCUT2D eigenvalue weighted by Crippen LogP contribution is -2.24. The van der Waals surface area contributed by atoms with E-state index in [0.717, 1.165) is 5.39 Å². The first-order valence-corrected chi connectivity index (χ1v) is 10.2. The molecule has 9 heteroatoms. The van der Waals surface area contributed by atoms with Gasteiger partial charge < -0.3 is 15.2 Å². The summed E-state index contributed by atoms with van der Waals surface area (Å²) >= 11 is 0. The Morgan fingerprint density at radius 1 is 1.15 bits per heavy atom. The molecule has 0 saturated heterocycles. The number of aliphatic hydroxyl groups excluding tert-OH is 1. The fourth-order valence-corrected chi connectivity index (χ4v) is 3.60. The van der Waals surface area contributed by atoms with Gasteiger partial charge in [0.2, 0.25) is 5.88 Å². The second-order valence-corrected chi connectivity index (χ2v) is 7.53. The number of nitrogens with one attached hydrogen (secondary N) is 1. The Hall–Kier alpha value is -3.72. The number of carbonyl (C=O) groups is 1. The topological polar surface area (TPSA) is 84.3 Å². The number of amides is 1. The third-order valence-electron chi connectivity index (χ3n) is 5.04. The van der Waals surface area contributed by atoms with Crippen molar-refractivity contribution in [3.8, 4) is 11.6 Å². The van der Waals surface area contributed by atoms with Crippen LogP contribution in [0.25, 0.3) is 10.8 Å². The van der Waals surface area contributed by atoms with Crippen molar-refractivity contribution in [2.45, 2.75) is 32.0 Å². The van der Waals surface area contributed by atoms with E-state index < -0.39 is 18.5 Å². The standard InChI is InChI=1S/C24H20F3N3O3/c25-24(26,27)12-15-3-1-5-17(9-15)30-23(32)21-6-2-4-16-10-19(7-8-20(16)21)33-22-11-18(13-31)28-14-29-22/h2-4,6-11,14,31H,1,5,12-13H2,(H,30,32). The van der Waals surface area contributed by atoms with Crippen molar-refractivity contribution in [3.63, 3.8) is 0 Å². The average Bonchev–Trinajstić information content (AvgIpc) is 2.77. The molecule has 1 aliphatic carbocycles. The van der Waals surface area contributed by atoms with Gasteiger partial charge >= 0.3 is 6.18 Å². The predicted molar refractivity (Wildman–Crippen MR) is 116 cm³/mol. The van der Waals surface area contributed by atoms with Gasteiger partial charge in [-0.25, -0.2) is 9.97 Å². The van der Waals surface area contributed by atoms with Crippen LogP contribution in [0.5, 0.6) is 11.6 Å². The lowest BCUT2D eigenvalue weighted by molar-refractivity contribution is -0.126. The Kier molecular flexibility index (Phi) is 6.41. The van der Waals surface area contributed by atoms with Gasteiger partial charge in [-0.05, 0) is 59.5 Å². The van der Waals surface area contributed by atoms with Gasteiger partial charge in [0.25, 0.3) is 5.91 Å². The minimum absolute atomic E-state index is 0.151. The fourth-order valence-electron chi connectivity index (χ4n) is 3.60. The highest BCUT2D eigenvalue weighted by molar-refractivity contribution is 6.07. The van der Waals surface area contributed by atoms with Gasteiger partial charge in [-0.1, -0.05) is 18.2 Å². The van der Waals surface area contributed by atoms with E-state index in [9.17, 15) is 23.1 Å². The number of halogens is 3. The Bertz CT molecular complexity index is 1250. The van der Waals surface area contributed by atoms with E-state index in [4.69, 9.17) is 4.74 Å². The maximum Gasteiger partial charge on any atom is 0.393 e. The first-order valence-electron chi connectivity index (χ1n) is 10.2. The summed E-state index contributed by atoms with van der Waals surface area (Å²) in [6, 6.07) is 11.9. The normalized spacial score (nSPS) is 13.9. The van der Waals surface area contributed by atoms with E-state index >= 15 is 0 Å². The molecule has 0 unspecified atom stereocenters. The van der Waals surface area contributed by atoms with Crippen molar-refractivity contribution in [2.24, 2.45) is 0 Å². The summed E-state index contributed by atoms with van der Waals surface area (Å²) in [7, 11) is 0. The van der Waals surface area contributed by atoms with Crippen LogP contribution < -0.4 is 10.1 Å². The molecule has 0 bridgehead atoms. The molecule has 0 atom stereocenters. The molecule has 6 nitrogen and oxygen atoms in total. The van der Waals surface area contributed by atoms with Gasteiger partial charge in [-0.2, -0.15) is 13.2 Å². The van der Waals surface area contributed by atoms with E-state index in [-0.39, 0.29) is 18.1 Å². The lowest BCUT2D eigenvalue weighted by Gasteiger charge is -2.17. The second-order valence-electron chi connectivity index (χ2n) is 7.53. The molecule has 1 aliphatic rings. The quantitative estimate of drug-likeness (QED) is 0.534. The third kappa shape index (κ3) is 5.75. The van der Waals surface area contributed by atoms with Gasteiger partial charge in [0.1, 0.15) is 12.1 Å². The molecule has 4 rings (SSSR count). The summed E-state index contributed by atoms with van der Waals surface area (Å²) < 4.78 is 43.8. The van der Waals surface area contributed by atoms with Crippen LogP contribution in [0.4, 0.5) is 13.2 Å². The van der Waals surface area contributed by atoms with E-state index in [2.05, 4.69) is 15.3 Å². The Morgan fingerprint density at radius 2 is 2.00 bits per heavy atom. The van der Waals surface area contributed by atoms with E-state index in [0.29, 0.717) is 40.9 Å². The van der Waals surface area contributed by atoms with Crippen molar-refractivity contribution < 1.29 is 27.8 Å². The monoisotopic (exact) mass is 455 g/mol. The van der Waals surface area contributed by atoms with Crippen LogP contribution in [0.1, 0.15) is 35.3 Å². The molecule has 2 aromatic carbocycles. The smallest absolute Gasteiger partial charge is 0.393 e. The molecule has 2 N–H and O–H groups in total. The van der Waals surface area contributed by atoms with Gasteiger partial charge in [0, 0.05) is 17.3 Å². The van der Waals surface area contributed by atoms with Crippen LogP contribution in [0, 0.1) is 0 Å². The molecular formula is C24H20F3N3O3. The average molecular weight is 455 g/mol. The molecule has 1 amide bonds. The molecule has 3 aromatic rings. The van der Waals surface area contributed by atoms with Crippen molar-refractivity contribution in [1.82, 2.24) is 15.3 Å². The minimum Gasteiger partial charge on any atom is -0.439 e. The Morgan fingerprint density at radius 3 is 2.79 bits per heavy atom. The number of benzene rings is 2. The number of hydrogen-bond donors (Lipinski definition) is 2. The van der Waals surface area contributed by atoms with Crippen LogP contribution in [0.15, 0.2) is 72.2 Å². The highest BCUT2D eigenvalue weighted by Crippen LogP contribution is 2.30. The molecule has 33 heavy (non-hydrogen) atoms. The lowest BCUT2D eigenvalue weighted by atomic mass is 10.0. The SMILES string of the molecule is O=C(NC1=CC(CC(F)(F)F)=CCC1)c1cccc2cc(Oc3cc(CO)ncn3)ccc12. The third-order valence-corrected chi connectivity index (χ3v) is 5.04. The number of ether oxygens (including phenoxy) is 1. The molecule has 0 spiro atoms. The molecule has 0 aliphatic heterocycles. The summed E-state index contributed by atoms with van der Waals surface area (Å²) in [5, 5.41) is 13.4. The first kappa shape index (κ1) is 22.5. The number of aliphatic hydroxyl groups is 1. The first-order chi connectivity index (χ1) is 15.8. The molecule has 1 heterocycles. The second kappa shape index (κ2) is 9.41. The number of carbonyl (C=O) groups excluding carboxylic acids is 1. The Balaban J connectivity index is 1.53. The minimum atomic E-state index is -4.30. The fraction of sp³-hybridized carbons (Fsp3) is 0.208. The number of fused-ring (bicyclic) bond motifs is 1. The number of aromatic nitrogens is 2. The molecule has 1 aromatic heterocycles. The molecule has 0 saturated carbocycles. The zero-order valence-corrected chi connectivity index (χ0v) is 17.4. The number of nitrogens with zero attached hydrogens (tertiary/aromatic N) is 2. The maximum absolute atomic E-state index is 12.9. The van der Waals surface area contributed by atoms with Crippen molar-refractivity contribution in [2.75, 3.05) is 0 Å². The van der Waals surface area contributed by atoms with Crippen LogP contribution in [0.2, 0.25) is 0 Å². The van der Waals surface area contributed by atoms with Crippen LogP contribution in [-0.4, -0.2) is 27.2 Å². The van der Waals surface area contributed by atoms with Gasteiger partial charge in [-0.3, -0.25) is 4.79 Å². The molecule has 0 radical (unpaired) electrons. The largest absolute Gasteiger partial charge is 0.439 e. The molecule has 170 valence electrons. The predicted octanol–water partition coefficient (Wildman–Crippen LogP) is 5.20. The summed E-state index contributed by atoms with van der Waals surface area (Å²) in [4.78, 5) is 20.8. The number of hydrogen-bond acceptors (Lipinski definition) is 5. The zero-order valence-electron chi connectivity index (χ0n) is 17.4. The Labute approximate surface area is 187 Å². The van der Waals surface area contributed by atoms with Gasteiger partial charge in [0.15, 0.2) is 0 Å². The number of rotatable bonds is 6. The molecule has 0 fully saturated rings. The summed E-state index contributed by atoms with van der Waals surface area (Å²) in [6.45, 7) is -0.237. The van der Waals surface area contributed by atoms with Crippen molar-refractivity contribution in [1.29, 1.82) is 0 Å².